The molecule has 2 aromatic rings. The number of nitrogens with one attached hydrogen (secondary N) is 2. The van der Waals surface area contributed by atoms with Gasteiger partial charge in [-0.1, -0.05) is 48.5 Å². The van der Waals surface area contributed by atoms with E-state index in [0.717, 1.165) is 12.8 Å². The van der Waals surface area contributed by atoms with Crippen molar-refractivity contribution >= 4 is 18.0 Å². The topological polar surface area (TPSA) is 105 Å². The lowest BCUT2D eigenvalue weighted by atomic mass is 9.98. The van der Waals surface area contributed by atoms with E-state index in [1.54, 1.807) is 0 Å². The number of carbonyl (C=O) groups is 3. The van der Waals surface area contributed by atoms with Gasteiger partial charge in [0, 0.05) is 18.4 Å². The predicted octanol–water partition coefficient (Wildman–Crippen LogP) is 3.67. The van der Waals surface area contributed by atoms with Crippen LogP contribution in [0.25, 0.3) is 11.1 Å². The zero-order valence-electron chi connectivity index (χ0n) is 18.0. The lowest BCUT2D eigenvalue weighted by molar-refractivity contribution is -0.141. The number of hydrogen-bond acceptors (Lipinski definition) is 4. The molecule has 1 unspecified atom stereocenters. The Bertz CT molecular complexity index is 975. The average Bonchev–Trinajstić information content (AvgIpc) is 3.34. The van der Waals surface area contributed by atoms with E-state index in [-0.39, 0.29) is 36.8 Å². The van der Waals surface area contributed by atoms with E-state index in [4.69, 9.17) is 9.84 Å². The van der Waals surface area contributed by atoms with Crippen molar-refractivity contribution in [3.8, 4) is 11.1 Å². The van der Waals surface area contributed by atoms with Crippen LogP contribution in [0.5, 0.6) is 0 Å². The predicted molar refractivity (Wildman–Crippen MR) is 119 cm³/mol. The van der Waals surface area contributed by atoms with Crippen LogP contribution in [-0.4, -0.2) is 41.8 Å². The number of aliphatic carboxylic acids is 1. The monoisotopic (exact) mass is 436 g/mol. The molecule has 4 rings (SSSR count). The first-order valence-electron chi connectivity index (χ1n) is 11.1. The molecule has 0 radical (unpaired) electrons. The highest BCUT2D eigenvalue weighted by Crippen LogP contribution is 2.44. The summed E-state index contributed by atoms with van der Waals surface area (Å²) in [6.45, 7) is 1.71. The molecule has 0 bridgehead atoms. The minimum Gasteiger partial charge on any atom is -0.480 e. The molecule has 7 nitrogen and oxygen atoms in total. The third-order valence-corrected chi connectivity index (χ3v) is 6.43. The highest BCUT2D eigenvalue weighted by atomic mass is 16.5. The Labute approximate surface area is 187 Å². The zero-order chi connectivity index (χ0) is 22.7. The molecule has 168 valence electrons. The second kappa shape index (κ2) is 9.42. The summed E-state index contributed by atoms with van der Waals surface area (Å²) in [5.74, 6) is -1.19. The van der Waals surface area contributed by atoms with Crippen LogP contribution in [0.4, 0.5) is 4.79 Å². The molecule has 0 aromatic heterocycles. The Morgan fingerprint density at radius 1 is 1.03 bits per heavy atom. The van der Waals surface area contributed by atoms with Gasteiger partial charge in [0.1, 0.15) is 12.6 Å². The third kappa shape index (κ3) is 4.77. The SMILES string of the molecule is CC(NC(=O)C[C@@H]1CC[C@H](NC(=O)OCC2c3ccccc3-c3ccccc32)C1)C(=O)O. The molecule has 0 saturated heterocycles. The van der Waals surface area contributed by atoms with Gasteiger partial charge < -0.3 is 20.5 Å². The molecule has 0 aliphatic heterocycles. The van der Waals surface area contributed by atoms with Gasteiger partial charge in [-0.25, -0.2) is 4.79 Å². The molecular weight excluding hydrogens is 408 g/mol. The fraction of sp³-hybridized carbons (Fsp3) is 0.400. The van der Waals surface area contributed by atoms with Crippen molar-refractivity contribution < 1.29 is 24.2 Å². The maximum absolute atomic E-state index is 12.5. The molecule has 2 amide bonds. The number of fused-ring (bicyclic) bond motifs is 3. The molecule has 0 spiro atoms. The summed E-state index contributed by atoms with van der Waals surface area (Å²) in [6, 6.07) is 15.5. The van der Waals surface area contributed by atoms with Gasteiger partial charge in [-0.3, -0.25) is 9.59 Å². The Morgan fingerprint density at radius 3 is 2.28 bits per heavy atom. The standard InChI is InChI=1S/C25H28N2O5/c1-15(24(29)30)26-23(28)13-16-10-11-17(12-16)27-25(31)32-14-22-20-8-4-2-6-18(20)19-7-3-5-9-21(19)22/h2-9,15-17,22H,10-14H2,1H3,(H,26,28)(H,27,31)(H,29,30)/t15?,16-,17+/m1/s1. The zero-order valence-corrected chi connectivity index (χ0v) is 18.0. The minimum absolute atomic E-state index is 0.0180. The Morgan fingerprint density at radius 2 is 1.66 bits per heavy atom. The first kappa shape index (κ1) is 21.9. The van der Waals surface area contributed by atoms with Gasteiger partial charge in [-0.2, -0.15) is 0 Å². The molecule has 0 heterocycles. The van der Waals surface area contributed by atoms with Crippen LogP contribution in [0.1, 0.15) is 49.7 Å². The second-order valence-corrected chi connectivity index (χ2v) is 8.68. The number of amides is 2. The molecule has 3 N–H and O–H groups in total. The molecule has 7 heteroatoms. The van der Waals surface area contributed by atoms with Gasteiger partial charge in [-0.05, 0) is 54.4 Å². The van der Waals surface area contributed by atoms with Gasteiger partial charge in [0.15, 0.2) is 0 Å². The van der Waals surface area contributed by atoms with Crippen LogP contribution in [0.3, 0.4) is 0 Å². The average molecular weight is 437 g/mol. The molecule has 1 saturated carbocycles. The molecule has 2 aromatic carbocycles. The number of hydrogen-bond donors (Lipinski definition) is 3. The largest absolute Gasteiger partial charge is 0.480 e. The van der Waals surface area contributed by atoms with Gasteiger partial charge in [-0.15, -0.1) is 0 Å². The molecule has 32 heavy (non-hydrogen) atoms. The summed E-state index contributed by atoms with van der Waals surface area (Å²) >= 11 is 0. The van der Waals surface area contributed by atoms with Crippen molar-refractivity contribution in [1.82, 2.24) is 10.6 Å². The summed E-state index contributed by atoms with van der Waals surface area (Å²) in [5, 5.41) is 14.3. The second-order valence-electron chi connectivity index (χ2n) is 8.68. The van der Waals surface area contributed by atoms with Crippen molar-refractivity contribution in [1.29, 1.82) is 0 Å². The van der Waals surface area contributed by atoms with E-state index >= 15 is 0 Å². The number of carboxylic acid groups (broad SMARTS) is 1. The highest BCUT2D eigenvalue weighted by molar-refractivity contribution is 5.83. The van der Waals surface area contributed by atoms with E-state index in [1.165, 1.54) is 29.2 Å². The van der Waals surface area contributed by atoms with Crippen molar-refractivity contribution in [3.05, 3.63) is 59.7 Å². The maximum Gasteiger partial charge on any atom is 0.407 e. The van der Waals surface area contributed by atoms with E-state index in [9.17, 15) is 14.4 Å². The van der Waals surface area contributed by atoms with Crippen LogP contribution in [0, 0.1) is 5.92 Å². The lowest BCUT2D eigenvalue weighted by Crippen LogP contribution is -2.39. The Hall–Kier alpha value is -3.35. The summed E-state index contributed by atoms with van der Waals surface area (Å²) in [5.41, 5.74) is 4.71. The molecule has 2 aliphatic rings. The smallest absolute Gasteiger partial charge is 0.407 e. The van der Waals surface area contributed by atoms with Crippen molar-refractivity contribution in [2.45, 2.75) is 50.6 Å². The molecule has 3 atom stereocenters. The lowest BCUT2D eigenvalue weighted by Gasteiger charge is -2.17. The summed E-state index contributed by atoms with van der Waals surface area (Å²) < 4.78 is 5.60. The quantitative estimate of drug-likeness (QED) is 0.614. The number of rotatable bonds is 7. The van der Waals surface area contributed by atoms with E-state index < -0.39 is 18.1 Å². The van der Waals surface area contributed by atoms with Gasteiger partial charge in [0.25, 0.3) is 0 Å². The fourth-order valence-electron chi connectivity index (χ4n) is 4.82. The van der Waals surface area contributed by atoms with Crippen molar-refractivity contribution in [2.75, 3.05) is 6.61 Å². The summed E-state index contributed by atoms with van der Waals surface area (Å²) in [7, 11) is 0. The van der Waals surface area contributed by atoms with Crippen LogP contribution in [-0.2, 0) is 14.3 Å². The number of carboxylic acids is 1. The van der Waals surface area contributed by atoms with Crippen LogP contribution < -0.4 is 10.6 Å². The first-order chi connectivity index (χ1) is 15.4. The molecular formula is C25H28N2O5. The summed E-state index contributed by atoms with van der Waals surface area (Å²) in [6.07, 6.45) is 2.08. The van der Waals surface area contributed by atoms with Gasteiger partial charge in [0.2, 0.25) is 5.91 Å². The number of benzene rings is 2. The molecule has 2 aliphatic carbocycles. The number of ether oxygens (including phenoxy) is 1. The maximum atomic E-state index is 12.5. The van der Waals surface area contributed by atoms with E-state index in [2.05, 4.69) is 34.9 Å². The van der Waals surface area contributed by atoms with Crippen LogP contribution in [0.2, 0.25) is 0 Å². The fourth-order valence-corrected chi connectivity index (χ4v) is 4.82. The Kier molecular flexibility index (Phi) is 6.44. The van der Waals surface area contributed by atoms with Crippen LogP contribution >= 0.6 is 0 Å². The summed E-state index contributed by atoms with van der Waals surface area (Å²) in [4.78, 5) is 35.3. The number of alkyl carbamates (subject to hydrolysis) is 1. The van der Waals surface area contributed by atoms with Crippen LogP contribution in [0.15, 0.2) is 48.5 Å². The normalized spacial score (nSPS) is 20.2. The van der Waals surface area contributed by atoms with Gasteiger partial charge in [0.05, 0.1) is 0 Å². The highest BCUT2D eigenvalue weighted by Gasteiger charge is 2.31. The van der Waals surface area contributed by atoms with E-state index in [0.29, 0.717) is 6.42 Å². The van der Waals surface area contributed by atoms with Crippen molar-refractivity contribution in [2.24, 2.45) is 5.92 Å². The number of carbonyl (C=O) groups excluding carboxylic acids is 2. The molecule has 1 fully saturated rings. The minimum atomic E-state index is -1.06. The van der Waals surface area contributed by atoms with Crippen molar-refractivity contribution in [3.63, 3.8) is 0 Å². The first-order valence-corrected chi connectivity index (χ1v) is 11.1. The third-order valence-electron chi connectivity index (χ3n) is 6.43. The van der Waals surface area contributed by atoms with Gasteiger partial charge >= 0.3 is 12.1 Å². The van der Waals surface area contributed by atoms with E-state index in [1.807, 2.05) is 24.3 Å². The Balaban J connectivity index is 1.27.